The number of aryl methyl sites for hydroxylation is 1. The normalized spacial score (nSPS) is 12.7. The lowest BCUT2D eigenvalue weighted by Gasteiger charge is -2.15. The molecule has 18 heavy (non-hydrogen) atoms. The third-order valence-corrected chi connectivity index (χ3v) is 4.29. The van der Waals surface area contributed by atoms with Gasteiger partial charge < -0.3 is 5.32 Å². The topological polar surface area (TPSA) is 12.0 Å². The van der Waals surface area contributed by atoms with Gasteiger partial charge in [0.05, 0.1) is 10.4 Å². The summed E-state index contributed by atoms with van der Waals surface area (Å²) in [6.45, 7) is 1.90. The van der Waals surface area contributed by atoms with Gasteiger partial charge in [-0.05, 0) is 43.3 Å². The molecule has 1 unspecified atom stereocenters. The van der Waals surface area contributed by atoms with E-state index >= 15 is 0 Å². The highest BCUT2D eigenvalue weighted by molar-refractivity contribution is 7.16. The second-order valence-corrected chi connectivity index (χ2v) is 5.72. The lowest BCUT2D eigenvalue weighted by molar-refractivity contribution is 0.572. The van der Waals surface area contributed by atoms with Crippen molar-refractivity contribution in [3.05, 3.63) is 56.2 Å². The zero-order valence-electron chi connectivity index (χ0n) is 9.93. The van der Waals surface area contributed by atoms with E-state index in [4.69, 9.17) is 11.6 Å². The molecule has 1 N–H and O–H groups in total. The molecule has 96 valence electrons. The summed E-state index contributed by atoms with van der Waals surface area (Å²) in [5.41, 5.74) is 1.52. The predicted molar refractivity (Wildman–Crippen MR) is 71.3 cm³/mol. The number of rotatable bonds is 3. The van der Waals surface area contributed by atoms with Crippen molar-refractivity contribution in [3.63, 3.8) is 0 Å². The minimum atomic E-state index is -0.579. The van der Waals surface area contributed by atoms with Crippen molar-refractivity contribution in [3.8, 4) is 0 Å². The fraction of sp³-hybridized carbons (Fsp3) is 0.231. The van der Waals surface area contributed by atoms with E-state index in [1.807, 2.05) is 13.0 Å². The average Bonchev–Trinajstić information content (AvgIpc) is 2.58. The Hall–Kier alpha value is -0.970. The van der Waals surface area contributed by atoms with Gasteiger partial charge in [0.25, 0.3) is 0 Å². The van der Waals surface area contributed by atoms with Crippen molar-refractivity contribution in [2.75, 3.05) is 7.05 Å². The molecule has 1 nitrogen and oxygen atoms in total. The first kappa shape index (κ1) is 13.5. The molecule has 1 atom stereocenters. The Bertz CT molecular complexity index is 528. The van der Waals surface area contributed by atoms with E-state index in [1.54, 1.807) is 7.05 Å². The number of halogens is 3. The third kappa shape index (κ3) is 2.71. The zero-order chi connectivity index (χ0) is 13.3. The molecule has 0 amide bonds. The molecule has 0 fully saturated rings. The van der Waals surface area contributed by atoms with E-state index < -0.39 is 11.6 Å². The highest BCUT2D eigenvalue weighted by Crippen LogP contribution is 2.34. The van der Waals surface area contributed by atoms with Crippen molar-refractivity contribution in [2.45, 2.75) is 13.0 Å². The van der Waals surface area contributed by atoms with Crippen molar-refractivity contribution in [1.82, 2.24) is 5.32 Å². The van der Waals surface area contributed by atoms with Gasteiger partial charge in [0.15, 0.2) is 0 Å². The molecule has 0 saturated heterocycles. The Morgan fingerprint density at radius 3 is 2.22 bits per heavy atom. The van der Waals surface area contributed by atoms with Crippen LogP contribution >= 0.6 is 22.9 Å². The monoisotopic (exact) mass is 287 g/mol. The van der Waals surface area contributed by atoms with Crippen LogP contribution in [-0.4, -0.2) is 7.05 Å². The molecule has 5 heteroatoms. The van der Waals surface area contributed by atoms with Crippen molar-refractivity contribution >= 4 is 22.9 Å². The quantitative estimate of drug-likeness (QED) is 0.888. The first-order valence-electron chi connectivity index (χ1n) is 5.40. The van der Waals surface area contributed by atoms with E-state index in [1.165, 1.54) is 23.5 Å². The van der Waals surface area contributed by atoms with E-state index in [2.05, 4.69) is 5.32 Å². The first-order valence-corrected chi connectivity index (χ1v) is 6.60. The highest BCUT2D eigenvalue weighted by atomic mass is 35.5. The molecule has 0 spiro atoms. The Balaban J connectivity index is 2.44. The van der Waals surface area contributed by atoms with Gasteiger partial charge in [0.2, 0.25) is 0 Å². The lowest BCUT2D eigenvalue weighted by Crippen LogP contribution is -2.16. The molecule has 0 bridgehead atoms. The highest BCUT2D eigenvalue weighted by Gasteiger charge is 2.17. The van der Waals surface area contributed by atoms with E-state index in [0.29, 0.717) is 9.90 Å². The smallest absolute Gasteiger partial charge is 0.126 e. The standard InChI is InChI=1S/C13H12ClF2NS/c1-7-3-11(18-13(7)14)12(17-2)8-4-9(15)6-10(16)5-8/h3-6,12,17H,1-2H3. The van der Waals surface area contributed by atoms with Crippen molar-refractivity contribution < 1.29 is 8.78 Å². The molecule has 0 aliphatic rings. The van der Waals surface area contributed by atoms with Crippen LogP contribution in [0.5, 0.6) is 0 Å². The molecule has 0 aliphatic heterocycles. The minimum absolute atomic E-state index is 0.258. The predicted octanol–water partition coefficient (Wildman–Crippen LogP) is 4.30. The van der Waals surface area contributed by atoms with Gasteiger partial charge in [-0.2, -0.15) is 0 Å². The van der Waals surface area contributed by atoms with E-state index in [9.17, 15) is 8.78 Å². The van der Waals surface area contributed by atoms with Gasteiger partial charge in [-0.25, -0.2) is 8.78 Å². The summed E-state index contributed by atoms with van der Waals surface area (Å²) in [6, 6.07) is 5.19. The van der Waals surface area contributed by atoms with Crippen molar-refractivity contribution in [1.29, 1.82) is 0 Å². The summed E-state index contributed by atoms with van der Waals surface area (Å²) in [6.07, 6.45) is 0. The first-order chi connectivity index (χ1) is 8.51. The van der Waals surface area contributed by atoms with Gasteiger partial charge in [-0.15, -0.1) is 11.3 Å². The van der Waals surface area contributed by atoms with Crippen LogP contribution < -0.4 is 5.32 Å². The Labute approximate surface area is 113 Å². The number of hydrogen-bond donors (Lipinski definition) is 1. The molecule has 0 radical (unpaired) electrons. The van der Waals surface area contributed by atoms with E-state index in [0.717, 1.165) is 16.5 Å². The van der Waals surface area contributed by atoms with Crippen LogP contribution in [0.3, 0.4) is 0 Å². The number of nitrogens with one attached hydrogen (secondary N) is 1. The number of thiophene rings is 1. The maximum Gasteiger partial charge on any atom is 0.126 e. The van der Waals surface area contributed by atoms with Gasteiger partial charge in [-0.3, -0.25) is 0 Å². The minimum Gasteiger partial charge on any atom is -0.309 e. The molecular formula is C13H12ClF2NS. The van der Waals surface area contributed by atoms with Crippen LogP contribution in [0.15, 0.2) is 24.3 Å². The zero-order valence-corrected chi connectivity index (χ0v) is 11.5. The van der Waals surface area contributed by atoms with Gasteiger partial charge in [0.1, 0.15) is 11.6 Å². The summed E-state index contributed by atoms with van der Waals surface area (Å²) < 4.78 is 27.2. The third-order valence-electron chi connectivity index (χ3n) is 2.67. The average molecular weight is 288 g/mol. The molecular weight excluding hydrogens is 276 g/mol. The fourth-order valence-electron chi connectivity index (χ4n) is 1.84. The van der Waals surface area contributed by atoms with Crippen LogP contribution in [-0.2, 0) is 0 Å². The molecule has 0 saturated carbocycles. The van der Waals surface area contributed by atoms with Gasteiger partial charge >= 0.3 is 0 Å². The molecule has 2 rings (SSSR count). The van der Waals surface area contributed by atoms with Crippen LogP contribution in [0.2, 0.25) is 4.34 Å². The van der Waals surface area contributed by atoms with E-state index in [-0.39, 0.29) is 6.04 Å². The largest absolute Gasteiger partial charge is 0.309 e. The Morgan fingerprint density at radius 1 is 1.17 bits per heavy atom. The second-order valence-electron chi connectivity index (χ2n) is 4.03. The summed E-state index contributed by atoms with van der Waals surface area (Å²) >= 11 is 7.43. The Morgan fingerprint density at radius 2 is 1.78 bits per heavy atom. The van der Waals surface area contributed by atoms with Crippen LogP contribution in [0.4, 0.5) is 8.78 Å². The maximum atomic E-state index is 13.2. The van der Waals surface area contributed by atoms with Crippen LogP contribution in [0.1, 0.15) is 22.0 Å². The molecule has 1 heterocycles. The fourth-order valence-corrected chi connectivity index (χ4v) is 3.20. The van der Waals surface area contributed by atoms with Gasteiger partial charge in [-0.1, -0.05) is 11.6 Å². The van der Waals surface area contributed by atoms with Crippen LogP contribution in [0, 0.1) is 18.6 Å². The molecule has 1 aromatic carbocycles. The summed E-state index contributed by atoms with van der Waals surface area (Å²) in [5, 5.41) is 3.05. The SMILES string of the molecule is CNC(c1cc(F)cc(F)c1)c1cc(C)c(Cl)s1. The second kappa shape index (κ2) is 5.34. The number of hydrogen-bond acceptors (Lipinski definition) is 2. The summed E-state index contributed by atoms with van der Waals surface area (Å²) in [4.78, 5) is 0.935. The maximum absolute atomic E-state index is 13.2. The van der Waals surface area contributed by atoms with Crippen molar-refractivity contribution in [2.24, 2.45) is 0 Å². The molecule has 2 aromatic rings. The Kier molecular flexibility index (Phi) is 4.00. The van der Waals surface area contributed by atoms with Crippen LogP contribution in [0.25, 0.3) is 0 Å². The number of benzene rings is 1. The summed E-state index contributed by atoms with van der Waals surface area (Å²) in [7, 11) is 1.75. The van der Waals surface area contributed by atoms with Gasteiger partial charge in [0, 0.05) is 10.9 Å². The lowest BCUT2D eigenvalue weighted by atomic mass is 10.0. The molecule has 0 aliphatic carbocycles. The summed E-state index contributed by atoms with van der Waals surface area (Å²) in [5.74, 6) is -1.16. The molecule has 1 aromatic heterocycles.